The number of esters is 2. The Morgan fingerprint density at radius 1 is 0.797 bits per heavy atom. The van der Waals surface area contributed by atoms with Gasteiger partial charge >= 0.3 is 17.9 Å². The lowest BCUT2D eigenvalue weighted by molar-refractivity contribution is -0.131. The molecule has 0 aromatic heterocycles. The number of carbonyl (C=O) groups excluding carboxylic acids is 3. The first-order valence-corrected chi connectivity index (χ1v) is 21.2. The van der Waals surface area contributed by atoms with Gasteiger partial charge in [-0.3, -0.25) is 4.79 Å². The number of nitrogens with two attached hydrogens (primary N) is 1. The highest BCUT2D eigenvalue weighted by Gasteiger charge is 2.34. The molecular weight excluding hydrogens is 842 g/mol. The summed E-state index contributed by atoms with van der Waals surface area (Å²) in [5, 5.41) is 11.4. The van der Waals surface area contributed by atoms with Crippen molar-refractivity contribution >= 4 is 33.5 Å². The fourth-order valence-electron chi connectivity index (χ4n) is 6.45. The third kappa shape index (κ3) is 21.5. The second-order valence-corrected chi connectivity index (χ2v) is 16.0. The number of carboxylic acids is 1. The van der Waals surface area contributed by atoms with E-state index in [1.54, 1.807) is 6.92 Å². The van der Waals surface area contributed by atoms with Crippen molar-refractivity contribution in [2.24, 2.45) is 17.6 Å². The van der Waals surface area contributed by atoms with Crippen LogP contribution in [0.15, 0.2) is 121 Å². The van der Waals surface area contributed by atoms with Crippen LogP contribution >= 0.6 is 9.73 Å². The number of nitrogens with one attached hydrogen (secondary N) is 1. The molecule has 2 fully saturated rings. The molecule has 4 rings (SSSR count). The van der Waals surface area contributed by atoms with Crippen LogP contribution in [0.3, 0.4) is 0 Å². The molecule has 2 aliphatic heterocycles. The van der Waals surface area contributed by atoms with Gasteiger partial charge in [-0.25, -0.2) is 23.2 Å². The van der Waals surface area contributed by atoms with Gasteiger partial charge in [0.05, 0.1) is 45.4 Å². The molecule has 10 atom stereocenters. The Labute approximate surface area is 385 Å². The van der Waals surface area contributed by atoms with E-state index in [1.165, 1.54) is 67.1 Å². The predicted molar refractivity (Wildman–Crippen MR) is 253 cm³/mol. The summed E-state index contributed by atoms with van der Waals surface area (Å²) < 4.78 is 65.7. The number of rotatable bonds is 15. The number of hydrogen-bond donors (Lipinski definition) is 3. The minimum Gasteiger partial charge on any atom is -0.478 e. The molecule has 2 aromatic rings. The van der Waals surface area contributed by atoms with Gasteiger partial charge in [0.15, 0.2) is 0 Å². The van der Waals surface area contributed by atoms with Crippen LogP contribution in [0.4, 0.5) is 8.78 Å². The third-order valence-corrected chi connectivity index (χ3v) is 10.6. The Hall–Kier alpha value is -5.07. The molecule has 4 N–H and O–H groups in total. The monoisotopic (exact) mass is 916 g/mol. The molecule has 0 bridgehead atoms. The highest BCUT2D eigenvalue weighted by molar-refractivity contribution is 6.92. The van der Waals surface area contributed by atoms with E-state index in [2.05, 4.69) is 58.3 Å². The van der Waals surface area contributed by atoms with Gasteiger partial charge in [0.1, 0.15) is 23.8 Å². The maximum atomic E-state index is 13.0. The number of hydrogen-bond acceptors (Lipinski definition) is 9. The molecular formula is C50H69F2N2O9P. The fourth-order valence-corrected chi connectivity index (χ4v) is 6.45. The van der Waals surface area contributed by atoms with Crippen LogP contribution in [0.1, 0.15) is 102 Å². The molecule has 14 heteroatoms. The van der Waals surface area contributed by atoms with Crippen molar-refractivity contribution in [1.82, 2.24) is 5.32 Å². The van der Waals surface area contributed by atoms with Crippen LogP contribution < -0.4 is 11.1 Å². The lowest BCUT2D eigenvalue weighted by atomic mass is 9.88. The number of benzene rings is 2. The summed E-state index contributed by atoms with van der Waals surface area (Å²) in [5.41, 5.74) is 8.76. The Kier molecular flexibility index (Phi) is 23.7. The van der Waals surface area contributed by atoms with Crippen molar-refractivity contribution < 1.29 is 52.0 Å². The van der Waals surface area contributed by atoms with Gasteiger partial charge in [-0.2, -0.15) is 9.73 Å². The normalized spacial score (nSPS) is 24.9. The molecule has 2 unspecified atom stereocenters. The van der Waals surface area contributed by atoms with Gasteiger partial charge in [0, 0.05) is 18.2 Å². The van der Waals surface area contributed by atoms with Gasteiger partial charge in [0.25, 0.3) is 0 Å². The van der Waals surface area contributed by atoms with E-state index in [0.29, 0.717) is 17.9 Å². The number of halogens is 2. The second kappa shape index (κ2) is 29.4. The molecule has 2 heterocycles. The van der Waals surface area contributed by atoms with E-state index in [1.807, 2.05) is 26.0 Å². The molecule has 352 valence electrons. The molecule has 0 radical (unpaired) electrons. The Morgan fingerprint density at radius 3 is 1.62 bits per heavy atom. The smallest absolute Gasteiger partial charge is 0.338 e. The van der Waals surface area contributed by atoms with Crippen LogP contribution in [0.2, 0.25) is 0 Å². The van der Waals surface area contributed by atoms with E-state index in [-0.39, 0.29) is 47.4 Å². The zero-order valence-corrected chi connectivity index (χ0v) is 39.1. The van der Waals surface area contributed by atoms with Crippen molar-refractivity contribution in [2.45, 2.75) is 130 Å². The van der Waals surface area contributed by atoms with Crippen LogP contribution in [0.25, 0.3) is 0 Å². The van der Waals surface area contributed by atoms with Crippen molar-refractivity contribution in [2.75, 3.05) is 0 Å². The lowest BCUT2D eigenvalue weighted by Gasteiger charge is -2.39. The summed E-state index contributed by atoms with van der Waals surface area (Å²) >= 11 is 0. The predicted octanol–water partition coefficient (Wildman–Crippen LogP) is 9.47. The van der Waals surface area contributed by atoms with Gasteiger partial charge in [-0.05, 0) is 140 Å². The molecule has 11 nitrogen and oxygen atoms in total. The summed E-state index contributed by atoms with van der Waals surface area (Å²) in [6.07, 6.45) is 15.9. The number of aliphatic carboxylic acids is 1. The van der Waals surface area contributed by atoms with E-state index in [4.69, 9.17) is 33.6 Å². The van der Waals surface area contributed by atoms with Crippen LogP contribution in [0.5, 0.6) is 0 Å². The Bertz CT molecular complexity index is 2000. The van der Waals surface area contributed by atoms with Gasteiger partial charge in [0.2, 0.25) is 5.91 Å². The molecule has 2 aliphatic rings. The van der Waals surface area contributed by atoms with E-state index in [9.17, 15) is 28.0 Å². The van der Waals surface area contributed by atoms with Crippen LogP contribution in [-0.2, 0) is 28.5 Å². The molecule has 0 aliphatic carbocycles. The third-order valence-electron chi connectivity index (χ3n) is 10.6. The fraction of sp³-hybridized carbons (Fsp3) is 0.440. The van der Waals surface area contributed by atoms with Gasteiger partial charge in [-0.1, -0.05) is 62.5 Å². The first kappa shape index (κ1) is 51.6. The molecule has 64 heavy (non-hydrogen) atoms. The Morgan fingerprint density at radius 2 is 1.20 bits per heavy atom. The average molecular weight is 917 g/mol. The van der Waals surface area contributed by atoms with E-state index < -0.39 is 51.5 Å². The maximum absolute atomic E-state index is 13.0. The zero-order valence-electron chi connectivity index (χ0n) is 41.2. The highest BCUT2D eigenvalue weighted by Crippen LogP contribution is 2.28. The van der Waals surface area contributed by atoms with Gasteiger partial charge in [-0.15, -0.1) is 0 Å². The SMILES string of the molecule is C=C/C(C)=C/C[C@@H]1O[C@H](C)[C@H](N)C[C@@H]1C.C=C/C(C)=C/C[C@@H]1O[C@H](C)[C@H](NC(=O)/C=C\C(C)OC(=O)c2ccc(F)cc2)C[C@@H]1C.CC(/C=C\C(=O)O)OC(=O)c1ccc(F)cc1.[3H]P([3H])[3H]. The molecule has 2 saturated heterocycles. The number of carbonyl (C=O) groups is 4. The van der Waals surface area contributed by atoms with Crippen LogP contribution in [-0.4, -0.2) is 81.5 Å². The molecule has 0 spiro atoms. The van der Waals surface area contributed by atoms with E-state index in [0.717, 1.165) is 49.5 Å². The summed E-state index contributed by atoms with van der Waals surface area (Å²) in [4.78, 5) is 46.1. The molecule has 1 amide bonds. The van der Waals surface area contributed by atoms with Crippen LogP contribution in [0, 0.1) is 23.5 Å². The zero-order chi connectivity index (χ0) is 50.8. The topological polar surface area (TPSA) is 163 Å². The largest absolute Gasteiger partial charge is 0.478 e. The standard InChI is InChI=1S/C25H32FNO4.C13H23NO.C12H11FO4.H3P/c1-6-16(2)7-13-23-17(3)15-22(19(5)31-23)27-24(28)14-8-18(4)30-25(29)20-9-11-21(26)12-10-20;1-5-9(2)6-7-13-10(3)8-12(14)11(4)15-13;1-8(2-7-11(14)15)17-12(16)9-3-5-10(13)6-4-9;/h6-12,14,17-19,22-23H,1,13,15H2,2-5H3,(H,27,28);5-6,10-13H,1,7-8,14H2,2-4H3;2-8H,1H3,(H,14,15);1H3/b14-8-,16-7+;9-6+;7-2-;/t17-,18?,19+,22+,23-;10-,11+,12+,13-;;/m00../s1/i;;;1T3. The number of carboxylic acid groups (broad SMARTS) is 1. The van der Waals surface area contributed by atoms with Crippen molar-refractivity contribution in [1.29, 1.82) is 3.84 Å². The first-order chi connectivity index (χ1) is 31.4. The van der Waals surface area contributed by atoms with Crippen molar-refractivity contribution in [3.05, 3.63) is 144 Å². The molecule has 2 aromatic carbocycles. The minimum atomic E-state index is -1.87. The first-order valence-electron chi connectivity index (χ1n) is 22.5. The van der Waals surface area contributed by atoms with Crippen molar-refractivity contribution in [3.63, 3.8) is 0 Å². The number of ether oxygens (including phenoxy) is 4. The maximum Gasteiger partial charge on any atom is 0.338 e. The number of amides is 1. The summed E-state index contributed by atoms with van der Waals surface area (Å²) in [6, 6.07) is 10.1. The number of allylic oxidation sites excluding steroid dienone is 4. The second-order valence-electron chi connectivity index (χ2n) is 16.0. The summed E-state index contributed by atoms with van der Waals surface area (Å²) in [5.74, 6) is -2.61. The van der Waals surface area contributed by atoms with E-state index >= 15 is 0 Å². The lowest BCUT2D eigenvalue weighted by Crippen LogP contribution is -2.50. The van der Waals surface area contributed by atoms with Crippen molar-refractivity contribution in [3.8, 4) is 0 Å². The van der Waals surface area contributed by atoms with Gasteiger partial charge < -0.3 is 35.1 Å². The summed E-state index contributed by atoms with van der Waals surface area (Å²) in [7, 11) is -1.87. The quantitative estimate of drug-likeness (QED) is 0.0679. The molecule has 0 saturated carbocycles. The Balaban J connectivity index is 0.000000524. The highest BCUT2D eigenvalue weighted by atomic mass is 31.0. The minimum absolute atomic E-state index is 0.0926. The summed E-state index contributed by atoms with van der Waals surface area (Å²) in [6.45, 7) is 23.1. The average Bonchev–Trinajstić information content (AvgIpc) is 3.26.